The zero-order valence-electron chi connectivity index (χ0n) is 14.0. The number of hydrazone groups is 1. The third-order valence-corrected chi connectivity index (χ3v) is 4.41. The molecule has 0 unspecified atom stereocenters. The van der Waals surface area contributed by atoms with Gasteiger partial charge in [0.05, 0.1) is 6.10 Å². The molecule has 1 aromatic carbocycles. The minimum Gasteiger partial charge on any atom is -0.376 e. The zero-order chi connectivity index (χ0) is 16.9. The highest BCUT2D eigenvalue weighted by Crippen LogP contribution is 2.17. The second kappa shape index (κ2) is 7.57. The Hall–Kier alpha value is -2.21. The van der Waals surface area contributed by atoms with Crippen LogP contribution in [0.3, 0.4) is 0 Å². The second-order valence-corrected chi connectivity index (χ2v) is 6.27. The predicted molar refractivity (Wildman–Crippen MR) is 90.3 cm³/mol. The fourth-order valence-electron chi connectivity index (χ4n) is 3.06. The van der Waals surface area contributed by atoms with Gasteiger partial charge in [0.25, 0.3) is 5.91 Å². The van der Waals surface area contributed by atoms with Crippen molar-refractivity contribution in [3.8, 4) is 0 Å². The van der Waals surface area contributed by atoms with Crippen LogP contribution >= 0.6 is 0 Å². The van der Waals surface area contributed by atoms with E-state index >= 15 is 0 Å². The molecule has 6 nitrogen and oxygen atoms in total. The van der Waals surface area contributed by atoms with Crippen molar-refractivity contribution in [2.45, 2.75) is 38.3 Å². The number of amides is 2. The molecule has 2 aliphatic rings. The Morgan fingerprint density at radius 3 is 2.79 bits per heavy atom. The van der Waals surface area contributed by atoms with Crippen molar-refractivity contribution in [3.05, 3.63) is 35.9 Å². The number of hydrogen-bond donors (Lipinski definition) is 0. The van der Waals surface area contributed by atoms with Crippen LogP contribution in [0.5, 0.6) is 0 Å². The van der Waals surface area contributed by atoms with Crippen LogP contribution in [-0.2, 0) is 20.9 Å². The van der Waals surface area contributed by atoms with Gasteiger partial charge in [0.15, 0.2) is 0 Å². The highest BCUT2D eigenvalue weighted by molar-refractivity contribution is 6.39. The molecule has 2 amide bonds. The Kier molecular flexibility index (Phi) is 5.25. The topological polar surface area (TPSA) is 62.2 Å². The van der Waals surface area contributed by atoms with Crippen molar-refractivity contribution in [2.75, 3.05) is 20.2 Å². The van der Waals surface area contributed by atoms with Gasteiger partial charge in [-0.15, -0.1) is 0 Å². The Bertz CT molecular complexity index is 624. The summed E-state index contributed by atoms with van der Waals surface area (Å²) in [5.41, 5.74) is 1.52. The van der Waals surface area contributed by atoms with Gasteiger partial charge in [0, 0.05) is 39.6 Å². The lowest BCUT2D eigenvalue weighted by Crippen LogP contribution is -2.43. The van der Waals surface area contributed by atoms with Gasteiger partial charge in [0.2, 0.25) is 5.91 Å². The molecule has 1 atom stereocenters. The number of ether oxygens (including phenoxy) is 1. The molecule has 1 fully saturated rings. The molecular formula is C18H23N3O3. The summed E-state index contributed by atoms with van der Waals surface area (Å²) < 4.78 is 5.70. The molecule has 24 heavy (non-hydrogen) atoms. The van der Waals surface area contributed by atoms with E-state index in [1.165, 1.54) is 5.01 Å². The Morgan fingerprint density at radius 2 is 2.12 bits per heavy atom. The highest BCUT2D eigenvalue weighted by Gasteiger charge is 2.28. The van der Waals surface area contributed by atoms with Crippen molar-refractivity contribution in [1.82, 2.24) is 9.91 Å². The average molecular weight is 329 g/mol. The van der Waals surface area contributed by atoms with E-state index in [2.05, 4.69) is 5.10 Å². The lowest BCUT2D eigenvalue weighted by molar-refractivity contribution is -0.131. The fourth-order valence-corrected chi connectivity index (χ4v) is 3.06. The van der Waals surface area contributed by atoms with E-state index in [1.54, 1.807) is 11.9 Å². The van der Waals surface area contributed by atoms with Crippen LogP contribution in [0.15, 0.2) is 35.4 Å². The van der Waals surface area contributed by atoms with Gasteiger partial charge in [-0.3, -0.25) is 9.59 Å². The van der Waals surface area contributed by atoms with Crippen molar-refractivity contribution in [3.63, 3.8) is 0 Å². The van der Waals surface area contributed by atoms with Crippen LogP contribution in [-0.4, -0.2) is 53.7 Å². The highest BCUT2D eigenvalue weighted by atomic mass is 16.5. The monoisotopic (exact) mass is 329 g/mol. The maximum absolute atomic E-state index is 12.9. The van der Waals surface area contributed by atoms with Crippen molar-refractivity contribution in [1.29, 1.82) is 0 Å². The summed E-state index contributed by atoms with van der Waals surface area (Å²) in [6, 6.07) is 9.91. The van der Waals surface area contributed by atoms with E-state index in [-0.39, 0.29) is 17.9 Å². The van der Waals surface area contributed by atoms with Gasteiger partial charge in [-0.2, -0.15) is 5.10 Å². The van der Waals surface area contributed by atoms with E-state index in [0.717, 1.165) is 25.0 Å². The summed E-state index contributed by atoms with van der Waals surface area (Å²) in [4.78, 5) is 26.3. The summed E-state index contributed by atoms with van der Waals surface area (Å²) >= 11 is 0. The van der Waals surface area contributed by atoms with Gasteiger partial charge in [0.1, 0.15) is 5.71 Å². The molecule has 3 rings (SSSR count). The molecule has 6 heteroatoms. The van der Waals surface area contributed by atoms with Crippen LogP contribution in [0.25, 0.3) is 0 Å². The average Bonchev–Trinajstić information content (AvgIpc) is 3.10. The van der Waals surface area contributed by atoms with Gasteiger partial charge in [-0.1, -0.05) is 30.3 Å². The molecule has 2 aliphatic heterocycles. The predicted octanol–water partition coefficient (Wildman–Crippen LogP) is 1.80. The lowest BCUT2D eigenvalue weighted by atomic mass is 10.1. The molecule has 0 spiro atoms. The number of hydrogen-bond acceptors (Lipinski definition) is 4. The molecule has 1 saturated heterocycles. The number of carbonyl (C=O) groups is 2. The SMILES string of the molecule is CN1N=C(C(=O)N(Cc2ccccc2)C[C@@H]2CCCO2)CCC1=O. The Labute approximate surface area is 142 Å². The molecule has 0 radical (unpaired) electrons. The zero-order valence-corrected chi connectivity index (χ0v) is 14.0. The Morgan fingerprint density at radius 1 is 1.33 bits per heavy atom. The fraction of sp³-hybridized carbons (Fsp3) is 0.500. The first-order valence-electron chi connectivity index (χ1n) is 8.42. The smallest absolute Gasteiger partial charge is 0.270 e. The van der Waals surface area contributed by atoms with Gasteiger partial charge < -0.3 is 9.64 Å². The first-order valence-corrected chi connectivity index (χ1v) is 8.42. The minimum atomic E-state index is -0.103. The van der Waals surface area contributed by atoms with Crippen LogP contribution in [0, 0.1) is 0 Å². The van der Waals surface area contributed by atoms with Crippen molar-refractivity contribution in [2.24, 2.45) is 5.10 Å². The summed E-state index contributed by atoms with van der Waals surface area (Å²) in [7, 11) is 1.59. The first-order chi connectivity index (χ1) is 11.6. The van der Waals surface area contributed by atoms with Crippen LogP contribution in [0.4, 0.5) is 0 Å². The summed E-state index contributed by atoms with van der Waals surface area (Å²) in [5.74, 6) is -0.158. The molecular weight excluding hydrogens is 306 g/mol. The molecule has 0 N–H and O–H groups in total. The van der Waals surface area contributed by atoms with Crippen LogP contribution in [0.1, 0.15) is 31.2 Å². The third-order valence-electron chi connectivity index (χ3n) is 4.41. The molecule has 0 aliphatic carbocycles. The number of carbonyl (C=O) groups excluding carboxylic acids is 2. The number of benzene rings is 1. The standard InChI is InChI=1S/C18H23N3O3/c1-20-17(22)10-9-16(19-20)18(23)21(13-15-8-5-11-24-15)12-14-6-3-2-4-7-14/h2-4,6-7,15H,5,8-13H2,1H3/t15-/m0/s1. The number of rotatable bonds is 5. The van der Waals surface area contributed by atoms with Gasteiger partial charge >= 0.3 is 0 Å². The van der Waals surface area contributed by atoms with E-state index < -0.39 is 0 Å². The maximum Gasteiger partial charge on any atom is 0.270 e. The molecule has 2 heterocycles. The van der Waals surface area contributed by atoms with Gasteiger partial charge in [-0.05, 0) is 18.4 Å². The first kappa shape index (κ1) is 16.6. The normalized spacial score (nSPS) is 20.9. The molecule has 0 bridgehead atoms. The maximum atomic E-state index is 12.9. The molecule has 0 saturated carbocycles. The second-order valence-electron chi connectivity index (χ2n) is 6.27. The van der Waals surface area contributed by atoms with Crippen molar-refractivity contribution < 1.29 is 14.3 Å². The van der Waals surface area contributed by atoms with E-state index in [9.17, 15) is 9.59 Å². The molecule has 0 aromatic heterocycles. The Balaban J connectivity index is 1.76. The summed E-state index contributed by atoms with van der Waals surface area (Å²) in [6.45, 7) is 1.84. The molecule has 128 valence electrons. The third kappa shape index (κ3) is 4.00. The molecule has 1 aromatic rings. The largest absolute Gasteiger partial charge is 0.376 e. The lowest BCUT2D eigenvalue weighted by Gasteiger charge is -2.28. The van der Waals surface area contributed by atoms with Gasteiger partial charge in [-0.25, -0.2) is 5.01 Å². The van der Waals surface area contributed by atoms with E-state index in [1.807, 2.05) is 30.3 Å². The van der Waals surface area contributed by atoms with Crippen LogP contribution in [0.2, 0.25) is 0 Å². The summed E-state index contributed by atoms with van der Waals surface area (Å²) in [6.07, 6.45) is 2.83. The quantitative estimate of drug-likeness (QED) is 0.827. The van der Waals surface area contributed by atoms with E-state index in [4.69, 9.17) is 4.74 Å². The van der Waals surface area contributed by atoms with Crippen LogP contribution < -0.4 is 0 Å². The van der Waals surface area contributed by atoms with Crippen molar-refractivity contribution >= 4 is 17.5 Å². The minimum absolute atomic E-state index is 0.0553. The van der Waals surface area contributed by atoms with E-state index in [0.29, 0.717) is 31.6 Å². The number of nitrogens with zero attached hydrogens (tertiary/aromatic N) is 3. The summed E-state index contributed by atoms with van der Waals surface area (Å²) in [5, 5.41) is 5.44.